The summed E-state index contributed by atoms with van der Waals surface area (Å²) in [6.45, 7) is 7.65. The summed E-state index contributed by atoms with van der Waals surface area (Å²) in [6, 6.07) is 11.9. The second kappa shape index (κ2) is 23.4. The molecule has 2 aromatic carbocycles. The number of aromatic hydroxyl groups is 2. The average molecular weight is 1150 g/mol. The van der Waals surface area contributed by atoms with Gasteiger partial charge >= 0.3 is 12.4 Å². The lowest BCUT2D eigenvalue weighted by Gasteiger charge is -2.28. The van der Waals surface area contributed by atoms with Gasteiger partial charge < -0.3 is 25.4 Å². The third-order valence-corrected chi connectivity index (χ3v) is 18.6. The Morgan fingerprint density at radius 3 is 1.38 bits per heavy atom. The summed E-state index contributed by atoms with van der Waals surface area (Å²) in [7, 11) is -9.94. The van der Waals surface area contributed by atoms with Gasteiger partial charge in [0.2, 0.25) is 20.0 Å². The largest absolute Gasteiger partial charge is 0.504 e. The van der Waals surface area contributed by atoms with Crippen molar-refractivity contribution >= 4 is 80.4 Å². The Labute approximate surface area is 442 Å². The Bertz CT molecular complexity index is 3460. The van der Waals surface area contributed by atoms with E-state index >= 15 is 0 Å². The maximum absolute atomic E-state index is 13.0. The molecule has 0 bridgehead atoms. The van der Waals surface area contributed by atoms with Gasteiger partial charge in [0.1, 0.15) is 11.0 Å². The van der Waals surface area contributed by atoms with Crippen molar-refractivity contribution in [1.82, 2.24) is 30.6 Å². The molecule has 414 valence electrons. The van der Waals surface area contributed by atoms with Gasteiger partial charge in [0.25, 0.3) is 11.8 Å². The van der Waals surface area contributed by atoms with Crippen LogP contribution in [0.5, 0.6) is 11.5 Å². The molecule has 4 N–H and O–H groups in total. The van der Waals surface area contributed by atoms with Crippen molar-refractivity contribution in [2.24, 2.45) is 0 Å². The summed E-state index contributed by atoms with van der Waals surface area (Å²) in [5, 5.41) is 27.5. The molecule has 4 aromatic heterocycles. The van der Waals surface area contributed by atoms with Crippen LogP contribution in [0.1, 0.15) is 80.0 Å². The van der Waals surface area contributed by atoms with E-state index in [1.54, 1.807) is 31.7 Å². The summed E-state index contributed by atoms with van der Waals surface area (Å²) in [5.41, 5.74) is -0.174. The number of fused-ring (bicyclic) bond motifs is 2. The van der Waals surface area contributed by atoms with Crippen LogP contribution in [-0.2, 0) is 62.9 Å². The summed E-state index contributed by atoms with van der Waals surface area (Å²) in [4.78, 5) is 43.3. The molecule has 2 aliphatic heterocycles. The highest BCUT2D eigenvalue weighted by molar-refractivity contribution is 7.93. The molecule has 6 aromatic rings. The van der Waals surface area contributed by atoms with Crippen LogP contribution in [0, 0.1) is 0 Å². The zero-order valence-electron chi connectivity index (χ0n) is 42.2. The van der Waals surface area contributed by atoms with E-state index < -0.39 is 85.4 Å². The number of anilines is 2. The third-order valence-electron chi connectivity index (χ3n) is 12.6. The maximum atomic E-state index is 13.0. The standard InChI is InChI=1S/C25H28F3N4O5PS.C25H28F3N4O4PS/c1-38(2,35)11-9-17-13-19-20(29-15-17)22(33)21(31-23(19)32-10-3-4-12-39(32,36)37)24(34)30-14-16-5-7-18(8-6-16)25(26,27)28;1-37(2)11-9-17-13-19-20(29-15-17)22(33)21(31-23(19)32-10-3-4-12-38(32,35)36)24(34)30-14-16-5-7-18(8-6-16)25(26,27)28/h5-8,13,15,33H,3-4,9-12,14H2,1-2H3,(H,30,34);5-8,13,15,33H,3-4,9-12,14H2,1-2H3,(H,30,34). The van der Waals surface area contributed by atoms with Crippen LogP contribution >= 0.6 is 15.1 Å². The number of alkyl halides is 6. The molecular weight excluding hydrogens is 1100 g/mol. The predicted molar refractivity (Wildman–Crippen MR) is 284 cm³/mol. The molecule has 8 rings (SSSR count). The number of nitrogens with one attached hydrogen (secondary N) is 2. The topological polar surface area (TPSA) is 242 Å². The van der Waals surface area contributed by atoms with Gasteiger partial charge in [-0.3, -0.25) is 28.2 Å². The third kappa shape index (κ3) is 14.5. The highest BCUT2D eigenvalue weighted by atomic mass is 32.2. The van der Waals surface area contributed by atoms with Crippen molar-refractivity contribution < 1.29 is 67.5 Å². The van der Waals surface area contributed by atoms with E-state index in [0.717, 1.165) is 46.7 Å². The van der Waals surface area contributed by atoms with E-state index in [1.165, 1.54) is 34.8 Å². The van der Waals surface area contributed by atoms with Crippen LogP contribution in [0.4, 0.5) is 38.0 Å². The zero-order chi connectivity index (χ0) is 56.3. The molecule has 17 nitrogen and oxygen atoms in total. The number of nitrogens with zero attached hydrogens (tertiary/aromatic N) is 6. The molecular formula is C50H56F6N8O9P2S2. The fourth-order valence-corrected chi connectivity index (χ4v) is 13.0. The monoisotopic (exact) mass is 1150 g/mol. The zero-order valence-corrected chi connectivity index (χ0v) is 45.7. The van der Waals surface area contributed by atoms with E-state index in [4.69, 9.17) is 0 Å². The van der Waals surface area contributed by atoms with Crippen LogP contribution in [0.3, 0.4) is 0 Å². The lowest BCUT2D eigenvalue weighted by molar-refractivity contribution is -0.138. The van der Waals surface area contributed by atoms with Crippen LogP contribution < -0.4 is 19.2 Å². The minimum atomic E-state index is -4.49. The van der Waals surface area contributed by atoms with E-state index in [-0.39, 0.29) is 73.7 Å². The number of carbonyl (C=O) groups excluding carboxylic acids is 2. The summed E-state index contributed by atoms with van der Waals surface area (Å²) >= 11 is 0. The van der Waals surface area contributed by atoms with Gasteiger partial charge in [0.05, 0.1) is 29.8 Å². The minimum Gasteiger partial charge on any atom is -0.504 e. The Morgan fingerprint density at radius 2 is 1.03 bits per heavy atom. The van der Waals surface area contributed by atoms with Crippen LogP contribution in [-0.4, -0.2) is 122 Å². The molecule has 2 saturated heterocycles. The minimum absolute atomic E-state index is 0.0274. The Morgan fingerprint density at radius 1 is 0.636 bits per heavy atom. The number of pyridine rings is 4. The Hall–Kier alpha value is -6.16. The van der Waals surface area contributed by atoms with Crippen LogP contribution in [0.15, 0.2) is 73.1 Å². The molecule has 0 aliphatic carbocycles. The molecule has 2 fully saturated rings. The van der Waals surface area contributed by atoms with E-state index in [9.17, 15) is 67.5 Å². The number of rotatable bonds is 14. The Balaban J connectivity index is 0.000000224. The number of carbonyl (C=O) groups is 2. The normalized spacial score (nSPS) is 15.8. The van der Waals surface area contributed by atoms with Gasteiger partial charge in [-0.1, -0.05) is 24.3 Å². The summed E-state index contributed by atoms with van der Waals surface area (Å²) < 4.78 is 143. The lowest BCUT2D eigenvalue weighted by Crippen LogP contribution is -2.39. The first-order valence-corrected chi connectivity index (χ1v) is 32.6. The SMILES string of the molecule is CP(C)(=O)CCc1cnc2c(O)c(C(=O)NCc3ccc(C(F)(F)F)cc3)nc(N3CCCCS3(=O)=O)c2c1.CP(C)CCc1cnc2c(O)c(C(=O)NCc3ccc(C(F)(F)F)cc3)nc(N3CCCCS3(=O)=O)c2c1. The molecule has 6 heterocycles. The first-order chi connectivity index (χ1) is 36.0. The summed E-state index contributed by atoms with van der Waals surface area (Å²) in [5.74, 6) is -2.90. The van der Waals surface area contributed by atoms with E-state index in [0.29, 0.717) is 60.3 Å². The lowest BCUT2D eigenvalue weighted by atomic mass is 10.1. The smallest absolute Gasteiger partial charge is 0.416 e. The van der Waals surface area contributed by atoms with Crippen LogP contribution in [0.25, 0.3) is 21.8 Å². The number of hydrogen-bond acceptors (Lipinski definition) is 13. The molecule has 0 atom stereocenters. The molecule has 0 unspecified atom stereocenters. The average Bonchev–Trinajstić information content (AvgIpc) is 3.41. The Kier molecular flexibility index (Phi) is 17.8. The fourth-order valence-electron chi connectivity index (χ4n) is 8.33. The molecule has 0 spiro atoms. The molecule has 2 amide bonds. The second-order valence-electron chi connectivity index (χ2n) is 19.3. The van der Waals surface area contributed by atoms with Crippen molar-refractivity contribution in [3.63, 3.8) is 0 Å². The fraction of sp³-hybridized carbons (Fsp3) is 0.400. The number of aromatic nitrogens is 4. The van der Waals surface area contributed by atoms with Crippen molar-refractivity contribution in [2.75, 3.05) is 72.2 Å². The number of aryl methyl sites for hydroxylation is 2. The van der Waals surface area contributed by atoms with E-state index in [1.807, 2.05) is 0 Å². The number of halogens is 6. The van der Waals surface area contributed by atoms with E-state index in [2.05, 4.69) is 43.9 Å². The van der Waals surface area contributed by atoms with Crippen molar-refractivity contribution in [2.45, 2.75) is 64.0 Å². The highest BCUT2D eigenvalue weighted by Crippen LogP contribution is 2.40. The number of amides is 2. The number of hydrogen-bond donors (Lipinski definition) is 4. The van der Waals surface area contributed by atoms with Gasteiger partial charge in [0.15, 0.2) is 34.5 Å². The molecule has 0 radical (unpaired) electrons. The van der Waals surface area contributed by atoms with Gasteiger partial charge in [-0.25, -0.2) is 26.8 Å². The first kappa shape index (κ1) is 58.5. The maximum Gasteiger partial charge on any atom is 0.416 e. The first-order valence-electron chi connectivity index (χ1n) is 24.1. The summed E-state index contributed by atoms with van der Waals surface area (Å²) in [6.07, 6.45) is -1.25. The van der Waals surface area contributed by atoms with Crippen LogP contribution in [0.2, 0.25) is 0 Å². The molecule has 77 heavy (non-hydrogen) atoms. The molecule has 0 saturated carbocycles. The van der Waals surface area contributed by atoms with Crippen molar-refractivity contribution in [3.8, 4) is 11.5 Å². The van der Waals surface area contributed by atoms with Crippen molar-refractivity contribution in [1.29, 1.82) is 0 Å². The predicted octanol–water partition coefficient (Wildman–Crippen LogP) is 8.88. The highest BCUT2D eigenvalue weighted by Gasteiger charge is 2.35. The van der Waals surface area contributed by atoms with Gasteiger partial charge in [-0.05, 0) is 130 Å². The van der Waals surface area contributed by atoms with Crippen molar-refractivity contribution in [3.05, 3.63) is 118 Å². The molecule has 27 heteroatoms. The molecule has 2 aliphatic rings. The quantitative estimate of drug-likeness (QED) is 0.0589. The number of sulfonamides is 2. The number of benzene rings is 2. The van der Waals surface area contributed by atoms with Gasteiger partial charge in [0, 0.05) is 55.5 Å². The van der Waals surface area contributed by atoms with Gasteiger partial charge in [-0.15, -0.1) is 7.92 Å². The van der Waals surface area contributed by atoms with Gasteiger partial charge in [-0.2, -0.15) is 26.3 Å². The second-order valence-corrected chi connectivity index (χ2v) is 29.5.